The SMILES string of the molecule is COc1ccc(CC(O)C(C)O)cc1. The lowest BCUT2D eigenvalue weighted by Crippen LogP contribution is -2.24. The standard InChI is InChI=1S/C11H16O3/c1-8(12)11(13)7-9-3-5-10(14-2)6-4-9/h3-6,8,11-13H,7H2,1-2H3. The summed E-state index contributed by atoms with van der Waals surface area (Å²) < 4.78 is 5.01. The molecule has 1 aromatic rings. The van der Waals surface area contributed by atoms with Gasteiger partial charge in [0.15, 0.2) is 0 Å². The smallest absolute Gasteiger partial charge is 0.118 e. The molecule has 1 aromatic carbocycles. The summed E-state index contributed by atoms with van der Waals surface area (Å²) in [6, 6.07) is 7.43. The summed E-state index contributed by atoms with van der Waals surface area (Å²) in [5, 5.41) is 18.5. The van der Waals surface area contributed by atoms with E-state index in [1.165, 1.54) is 0 Å². The average Bonchev–Trinajstić information content (AvgIpc) is 2.19. The van der Waals surface area contributed by atoms with Crippen LogP contribution in [0.5, 0.6) is 5.75 Å². The number of aliphatic hydroxyl groups is 2. The van der Waals surface area contributed by atoms with Gasteiger partial charge in [0.25, 0.3) is 0 Å². The molecule has 0 aromatic heterocycles. The predicted octanol–water partition coefficient (Wildman–Crippen LogP) is 0.979. The summed E-state index contributed by atoms with van der Waals surface area (Å²) in [5.74, 6) is 0.792. The third-order valence-corrected chi connectivity index (χ3v) is 2.16. The Bertz CT molecular complexity index is 266. The summed E-state index contributed by atoms with van der Waals surface area (Å²) in [4.78, 5) is 0. The number of aliphatic hydroxyl groups excluding tert-OH is 2. The minimum Gasteiger partial charge on any atom is -0.497 e. The fourth-order valence-corrected chi connectivity index (χ4v) is 1.17. The van der Waals surface area contributed by atoms with Gasteiger partial charge >= 0.3 is 0 Å². The largest absolute Gasteiger partial charge is 0.497 e. The molecule has 0 heterocycles. The van der Waals surface area contributed by atoms with Crippen LogP contribution in [-0.2, 0) is 6.42 Å². The van der Waals surface area contributed by atoms with Gasteiger partial charge in [-0.05, 0) is 24.6 Å². The van der Waals surface area contributed by atoms with E-state index in [-0.39, 0.29) is 0 Å². The molecule has 0 fully saturated rings. The lowest BCUT2D eigenvalue weighted by atomic mass is 10.0. The van der Waals surface area contributed by atoms with E-state index >= 15 is 0 Å². The second-order valence-corrected chi connectivity index (χ2v) is 3.36. The third-order valence-electron chi connectivity index (χ3n) is 2.16. The van der Waals surface area contributed by atoms with Crippen LogP contribution in [0.25, 0.3) is 0 Å². The van der Waals surface area contributed by atoms with E-state index in [9.17, 15) is 5.11 Å². The molecule has 2 atom stereocenters. The van der Waals surface area contributed by atoms with E-state index in [4.69, 9.17) is 9.84 Å². The van der Waals surface area contributed by atoms with Gasteiger partial charge in [-0.3, -0.25) is 0 Å². The molecule has 0 aliphatic heterocycles. The van der Waals surface area contributed by atoms with Crippen molar-refractivity contribution in [2.24, 2.45) is 0 Å². The quantitative estimate of drug-likeness (QED) is 0.754. The van der Waals surface area contributed by atoms with Gasteiger partial charge in [-0.15, -0.1) is 0 Å². The summed E-state index contributed by atoms with van der Waals surface area (Å²) in [7, 11) is 1.61. The highest BCUT2D eigenvalue weighted by Crippen LogP contribution is 2.13. The van der Waals surface area contributed by atoms with Crippen molar-refractivity contribution >= 4 is 0 Å². The molecule has 0 saturated carbocycles. The van der Waals surface area contributed by atoms with Gasteiger partial charge in [-0.25, -0.2) is 0 Å². The Morgan fingerprint density at radius 1 is 1.21 bits per heavy atom. The number of rotatable bonds is 4. The molecular weight excluding hydrogens is 180 g/mol. The van der Waals surface area contributed by atoms with Crippen LogP contribution in [-0.4, -0.2) is 29.5 Å². The molecule has 1 rings (SSSR count). The number of hydrogen-bond donors (Lipinski definition) is 2. The maximum Gasteiger partial charge on any atom is 0.118 e. The normalized spacial score (nSPS) is 14.9. The van der Waals surface area contributed by atoms with Crippen LogP contribution in [0.1, 0.15) is 12.5 Å². The topological polar surface area (TPSA) is 49.7 Å². The van der Waals surface area contributed by atoms with E-state index in [0.29, 0.717) is 6.42 Å². The fourth-order valence-electron chi connectivity index (χ4n) is 1.17. The van der Waals surface area contributed by atoms with E-state index < -0.39 is 12.2 Å². The first-order valence-corrected chi connectivity index (χ1v) is 4.62. The van der Waals surface area contributed by atoms with Crippen LogP contribution in [0, 0.1) is 0 Å². The first-order valence-electron chi connectivity index (χ1n) is 4.62. The molecule has 0 saturated heterocycles. The molecule has 78 valence electrons. The van der Waals surface area contributed by atoms with Crippen LogP contribution in [0.15, 0.2) is 24.3 Å². The molecule has 3 heteroatoms. The number of methoxy groups -OCH3 is 1. The van der Waals surface area contributed by atoms with Crippen molar-refractivity contribution in [2.45, 2.75) is 25.6 Å². The lowest BCUT2D eigenvalue weighted by molar-refractivity contribution is 0.0319. The molecule has 0 radical (unpaired) electrons. The van der Waals surface area contributed by atoms with Crippen molar-refractivity contribution in [3.05, 3.63) is 29.8 Å². The van der Waals surface area contributed by atoms with Crippen LogP contribution in [0.4, 0.5) is 0 Å². The summed E-state index contributed by atoms with van der Waals surface area (Å²) >= 11 is 0. The van der Waals surface area contributed by atoms with Gasteiger partial charge in [0.2, 0.25) is 0 Å². The van der Waals surface area contributed by atoms with Gasteiger partial charge in [-0.1, -0.05) is 12.1 Å². The number of ether oxygens (including phenoxy) is 1. The van der Waals surface area contributed by atoms with Crippen molar-refractivity contribution in [1.29, 1.82) is 0 Å². The molecule has 14 heavy (non-hydrogen) atoms. The predicted molar refractivity (Wildman–Crippen MR) is 54.4 cm³/mol. The van der Waals surface area contributed by atoms with Crippen molar-refractivity contribution in [3.8, 4) is 5.75 Å². The van der Waals surface area contributed by atoms with E-state index in [1.54, 1.807) is 14.0 Å². The third kappa shape index (κ3) is 3.01. The molecule has 0 aliphatic carbocycles. The van der Waals surface area contributed by atoms with E-state index in [0.717, 1.165) is 11.3 Å². The number of hydrogen-bond acceptors (Lipinski definition) is 3. The van der Waals surface area contributed by atoms with Gasteiger partial charge in [-0.2, -0.15) is 0 Å². The highest BCUT2D eigenvalue weighted by molar-refractivity contribution is 5.27. The van der Waals surface area contributed by atoms with Crippen LogP contribution < -0.4 is 4.74 Å². The van der Waals surface area contributed by atoms with Gasteiger partial charge in [0.05, 0.1) is 19.3 Å². The molecule has 0 bridgehead atoms. The van der Waals surface area contributed by atoms with Crippen LogP contribution in [0.2, 0.25) is 0 Å². The Balaban J connectivity index is 2.59. The van der Waals surface area contributed by atoms with Crippen molar-refractivity contribution in [1.82, 2.24) is 0 Å². The maximum absolute atomic E-state index is 9.43. The maximum atomic E-state index is 9.43. The Morgan fingerprint density at radius 3 is 2.21 bits per heavy atom. The molecule has 3 nitrogen and oxygen atoms in total. The second kappa shape index (κ2) is 4.98. The van der Waals surface area contributed by atoms with Gasteiger partial charge in [0, 0.05) is 6.42 Å². The monoisotopic (exact) mass is 196 g/mol. The first-order chi connectivity index (χ1) is 6.63. The molecule has 0 spiro atoms. The van der Waals surface area contributed by atoms with Crippen molar-refractivity contribution in [2.75, 3.05) is 7.11 Å². The minimum absolute atomic E-state index is 0.460. The van der Waals surface area contributed by atoms with Crippen LogP contribution >= 0.6 is 0 Å². The first kappa shape index (κ1) is 11.0. The Labute approximate surface area is 84.0 Å². The Hall–Kier alpha value is -1.06. The van der Waals surface area contributed by atoms with Crippen molar-refractivity contribution < 1.29 is 14.9 Å². The molecule has 0 amide bonds. The Kier molecular flexibility index (Phi) is 3.92. The lowest BCUT2D eigenvalue weighted by Gasteiger charge is -2.13. The minimum atomic E-state index is -0.705. The van der Waals surface area contributed by atoms with Gasteiger partial charge < -0.3 is 14.9 Å². The summed E-state index contributed by atoms with van der Waals surface area (Å²) in [5.41, 5.74) is 0.985. The van der Waals surface area contributed by atoms with Crippen molar-refractivity contribution in [3.63, 3.8) is 0 Å². The average molecular weight is 196 g/mol. The summed E-state index contributed by atoms with van der Waals surface area (Å²) in [6.07, 6.45) is -0.942. The number of benzene rings is 1. The summed E-state index contributed by atoms with van der Waals surface area (Å²) in [6.45, 7) is 1.58. The molecular formula is C11H16O3. The molecule has 2 unspecified atom stereocenters. The zero-order valence-corrected chi connectivity index (χ0v) is 8.47. The highest BCUT2D eigenvalue weighted by Gasteiger charge is 2.11. The second-order valence-electron chi connectivity index (χ2n) is 3.36. The fraction of sp³-hybridized carbons (Fsp3) is 0.455. The molecule has 0 aliphatic rings. The zero-order chi connectivity index (χ0) is 10.6. The highest BCUT2D eigenvalue weighted by atomic mass is 16.5. The van der Waals surface area contributed by atoms with E-state index in [1.807, 2.05) is 24.3 Å². The molecule has 2 N–H and O–H groups in total. The van der Waals surface area contributed by atoms with E-state index in [2.05, 4.69) is 0 Å². The zero-order valence-electron chi connectivity index (χ0n) is 8.47. The van der Waals surface area contributed by atoms with Crippen LogP contribution in [0.3, 0.4) is 0 Å². The Morgan fingerprint density at radius 2 is 1.79 bits per heavy atom. The van der Waals surface area contributed by atoms with Gasteiger partial charge in [0.1, 0.15) is 5.75 Å².